The maximum atomic E-state index is 6.06. The molecule has 102 valence electrons. The van der Waals surface area contributed by atoms with Gasteiger partial charge in [0.25, 0.3) is 0 Å². The summed E-state index contributed by atoms with van der Waals surface area (Å²) in [6, 6.07) is 11.6. The van der Waals surface area contributed by atoms with Crippen LogP contribution in [-0.2, 0) is 0 Å². The number of benzene rings is 1. The van der Waals surface area contributed by atoms with E-state index in [0.29, 0.717) is 12.6 Å². The van der Waals surface area contributed by atoms with Crippen molar-refractivity contribution in [3.8, 4) is 11.4 Å². The number of nitrogen functional groups attached to an aromatic ring is 1. The Morgan fingerprint density at radius 2 is 1.95 bits per heavy atom. The van der Waals surface area contributed by atoms with Crippen LogP contribution in [0.5, 0.6) is 5.75 Å². The maximum Gasteiger partial charge on any atom is 0.207 e. The Morgan fingerprint density at radius 3 is 2.75 bits per heavy atom. The summed E-state index contributed by atoms with van der Waals surface area (Å²) >= 11 is 0. The second-order valence-electron chi connectivity index (χ2n) is 4.50. The van der Waals surface area contributed by atoms with E-state index in [2.05, 4.69) is 9.97 Å². The van der Waals surface area contributed by atoms with Gasteiger partial charge in [-0.05, 0) is 38.1 Å². The minimum atomic E-state index is 0.408. The van der Waals surface area contributed by atoms with Gasteiger partial charge in [0.1, 0.15) is 11.3 Å². The molecule has 2 N–H and O–H groups in total. The highest BCUT2D eigenvalue weighted by molar-refractivity contribution is 5.78. The Kier molecular flexibility index (Phi) is 3.02. The highest BCUT2D eigenvalue weighted by Gasteiger charge is 2.14. The first-order valence-electron chi connectivity index (χ1n) is 6.54. The minimum Gasteiger partial charge on any atom is -0.492 e. The lowest BCUT2D eigenvalue weighted by atomic mass is 10.3. The molecular weight excluding hydrogens is 252 g/mol. The molecular formula is C15H16N4O. The maximum absolute atomic E-state index is 6.06. The van der Waals surface area contributed by atoms with Crippen molar-refractivity contribution < 1.29 is 4.74 Å². The highest BCUT2D eigenvalue weighted by atomic mass is 16.5. The van der Waals surface area contributed by atoms with Crippen molar-refractivity contribution in [1.29, 1.82) is 0 Å². The summed E-state index contributed by atoms with van der Waals surface area (Å²) < 4.78 is 7.49. The van der Waals surface area contributed by atoms with Gasteiger partial charge in [0.2, 0.25) is 5.95 Å². The monoisotopic (exact) mass is 268 g/mol. The SMILES string of the molecule is CCOc1ccccc1-n1c(N)nc2ccc(C)nc21. The first-order chi connectivity index (χ1) is 9.70. The molecule has 2 aromatic heterocycles. The van der Waals surface area contributed by atoms with Crippen molar-refractivity contribution in [3.05, 3.63) is 42.1 Å². The summed E-state index contributed by atoms with van der Waals surface area (Å²) in [5.74, 6) is 1.18. The van der Waals surface area contributed by atoms with E-state index in [-0.39, 0.29) is 0 Å². The molecule has 0 aliphatic rings. The quantitative estimate of drug-likeness (QED) is 0.793. The van der Waals surface area contributed by atoms with E-state index in [0.717, 1.165) is 28.3 Å². The molecule has 0 unspecified atom stereocenters. The molecule has 0 amide bonds. The van der Waals surface area contributed by atoms with Gasteiger partial charge in [-0.2, -0.15) is 0 Å². The van der Waals surface area contributed by atoms with Crippen molar-refractivity contribution in [2.75, 3.05) is 12.3 Å². The molecule has 0 atom stereocenters. The number of pyridine rings is 1. The number of anilines is 1. The van der Waals surface area contributed by atoms with Gasteiger partial charge in [0, 0.05) is 5.69 Å². The lowest BCUT2D eigenvalue weighted by molar-refractivity contribution is 0.339. The molecule has 0 radical (unpaired) electrons. The smallest absolute Gasteiger partial charge is 0.207 e. The van der Waals surface area contributed by atoms with Crippen LogP contribution in [0.4, 0.5) is 5.95 Å². The molecule has 5 nitrogen and oxygen atoms in total. The molecule has 0 spiro atoms. The molecule has 3 rings (SSSR count). The van der Waals surface area contributed by atoms with Crippen LogP contribution in [0.1, 0.15) is 12.6 Å². The zero-order valence-corrected chi connectivity index (χ0v) is 11.5. The zero-order chi connectivity index (χ0) is 14.1. The van der Waals surface area contributed by atoms with E-state index < -0.39 is 0 Å². The fourth-order valence-electron chi connectivity index (χ4n) is 2.23. The van der Waals surface area contributed by atoms with Crippen molar-refractivity contribution in [2.45, 2.75) is 13.8 Å². The van der Waals surface area contributed by atoms with E-state index >= 15 is 0 Å². The molecule has 0 aliphatic carbocycles. The predicted molar refractivity (Wildman–Crippen MR) is 79.2 cm³/mol. The second-order valence-corrected chi connectivity index (χ2v) is 4.50. The van der Waals surface area contributed by atoms with Gasteiger partial charge in [0.15, 0.2) is 5.65 Å². The van der Waals surface area contributed by atoms with E-state index in [9.17, 15) is 0 Å². The normalized spacial score (nSPS) is 10.9. The summed E-state index contributed by atoms with van der Waals surface area (Å²) in [6.07, 6.45) is 0. The van der Waals surface area contributed by atoms with Gasteiger partial charge in [-0.1, -0.05) is 12.1 Å². The molecule has 0 bridgehead atoms. The van der Waals surface area contributed by atoms with Crippen LogP contribution >= 0.6 is 0 Å². The third kappa shape index (κ3) is 1.97. The standard InChI is InChI=1S/C15H16N4O/c1-3-20-13-7-5-4-6-12(13)19-14-11(18-15(19)16)9-8-10(2)17-14/h4-9H,3H2,1-2H3,(H2,16,18). The third-order valence-electron chi connectivity index (χ3n) is 3.08. The first kappa shape index (κ1) is 12.5. The van der Waals surface area contributed by atoms with E-state index in [1.807, 2.05) is 54.8 Å². The molecule has 20 heavy (non-hydrogen) atoms. The molecule has 0 fully saturated rings. The average molecular weight is 268 g/mol. The van der Waals surface area contributed by atoms with Crippen LogP contribution in [0.15, 0.2) is 36.4 Å². The minimum absolute atomic E-state index is 0.408. The summed E-state index contributed by atoms with van der Waals surface area (Å²) in [5.41, 5.74) is 9.36. The number of fused-ring (bicyclic) bond motifs is 1. The molecule has 5 heteroatoms. The number of aromatic nitrogens is 3. The number of nitrogens with zero attached hydrogens (tertiary/aromatic N) is 3. The lowest BCUT2D eigenvalue weighted by Gasteiger charge is -2.12. The van der Waals surface area contributed by atoms with Crippen LogP contribution in [-0.4, -0.2) is 21.1 Å². The summed E-state index contributed by atoms with van der Waals surface area (Å²) in [5, 5.41) is 0. The molecule has 0 saturated carbocycles. The van der Waals surface area contributed by atoms with Crippen LogP contribution in [0.2, 0.25) is 0 Å². The summed E-state index contributed by atoms with van der Waals surface area (Å²) in [7, 11) is 0. The number of para-hydroxylation sites is 2. The van der Waals surface area contributed by atoms with Crippen LogP contribution in [0.3, 0.4) is 0 Å². The zero-order valence-electron chi connectivity index (χ0n) is 11.5. The number of nitrogens with two attached hydrogens (primary N) is 1. The Hall–Kier alpha value is -2.56. The van der Waals surface area contributed by atoms with Crippen LogP contribution < -0.4 is 10.5 Å². The Morgan fingerprint density at radius 1 is 1.15 bits per heavy atom. The number of rotatable bonds is 3. The molecule has 3 aromatic rings. The van der Waals surface area contributed by atoms with Crippen molar-refractivity contribution in [3.63, 3.8) is 0 Å². The fraction of sp³-hybridized carbons (Fsp3) is 0.200. The van der Waals surface area contributed by atoms with E-state index in [1.165, 1.54) is 0 Å². The Bertz CT molecular complexity index is 764. The molecule has 0 aliphatic heterocycles. The number of aryl methyl sites for hydroxylation is 1. The van der Waals surface area contributed by atoms with E-state index in [4.69, 9.17) is 10.5 Å². The van der Waals surface area contributed by atoms with Crippen molar-refractivity contribution >= 4 is 17.1 Å². The second kappa shape index (κ2) is 4.85. The largest absolute Gasteiger partial charge is 0.492 e. The van der Waals surface area contributed by atoms with Gasteiger partial charge in [-0.15, -0.1) is 0 Å². The van der Waals surface area contributed by atoms with Crippen LogP contribution in [0, 0.1) is 6.92 Å². The van der Waals surface area contributed by atoms with Crippen molar-refractivity contribution in [1.82, 2.24) is 14.5 Å². The Labute approximate surface area is 117 Å². The molecule has 1 aromatic carbocycles. The van der Waals surface area contributed by atoms with Gasteiger partial charge in [0.05, 0.1) is 12.3 Å². The predicted octanol–water partition coefficient (Wildman–Crippen LogP) is 2.71. The van der Waals surface area contributed by atoms with Gasteiger partial charge in [-0.3, -0.25) is 4.57 Å². The number of ether oxygens (including phenoxy) is 1. The number of hydrogen-bond acceptors (Lipinski definition) is 4. The van der Waals surface area contributed by atoms with E-state index in [1.54, 1.807) is 0 Å². The highest BCUT2D eigenvalue weighted by Crippen LogP contribution is 2.28. The lowest BCUT2D eigenvalue weighted by Crippen LogP contribution is -2.04. The fourth-order valence-corrected chi connectivity index (χ4v) is 2.23. The average Bonchev–Trinajstić information content (AvgIpc) is 2.75. The third-order valence-corrected chi connectivity index (χ3v) is 3.08. The Balaban J connectivity index is 2.29. The number of imidazole rings is 1. The topological polar surface area (TPSA) is 66.0 Å². The molecule has 2 heterocycles. The van der Waals surface area contributed by atoms with Gasteiger partial charge < -0.3 is 10.5 Å². The summed E-state index contributed by atoms with van der Waals surface area (Å²) in [6.45, 7) is 4.49. The molecule has 0 saturated heterocycles. The van der Waals surface area contributed by atoms with Crippen molar-refractivity contribution in [2.24, 2.45) is 0 Å². The summed E-state index contributed by atoms with van der Waals surface area (Å²) in [4.78, 5) is 8.89. The van der Waals surface area contributed by atoms with Gasteiger partial charge >= 0.3 is 0 Å². The van der Waals surface area contributed by atoms with Gasteiger partial charge in [-0.25, -0.2) is 9.97 Å². The first-order valence-corrected chi connectivity index (χ1v) is 6.54. The van der Waals surface area contributed by atoms with Crippen LogP contribution in [0.25, 0.3) is 16.9 Å². The number of hydrogen-bond donors (Lipinski definition) is 1.